The number of piperidine rings is 1. The lowest BCUT2D eigenvalue weighted by Crippen LogP contribution is -2.38. The fourth-order valence-electron chi connectivity index (χ4n) is 2.79. The molecule has 0 aromatic heterocycles. The second-order valence-electron chi connectivity index (χ2n) is 5.77. The molecule has 1 aromatic rings. The van der Waals surface area contributed by atoms with Gasteiger partial charge in [-0.25, -0.2) is 4.39 Å². The van der Waals surface area contributed by atoms with Gasteiger partial charge in [0.2, 0.25) is 0 Å². The van der Waals surface area contributed by atoms with E-state index in [1.165, 1.54) is 6.07 Å². The highest BCUT2D eigenvalue weighted by Gasteiger charge is 2.18. The van der Waals surface area contributed by atoms with Gasteiger partial charge in [0.15, 0.2) is 0 Å². The van der Waals surface area contributed by atoms with Crippen LogP contribution in [0.25, 0.3) is 0 Å². The number of phenols is 1. The molecule has 1 amide bonds. The Hall–Kier alpha value is -1.66. The van der Waals surface area contributed by atoms with Crippen LogP contribution in [0.5, 0.6) is 5.75 Å². The SMILES string of the molecule is O=C(NCCCN1CCC[C@H](CO)C1)c1cc(O)ccc1F. The molecule has 1 saturated heterocycles. The molecule has 22 heavy (non-hydrogen) atoms. The average Bonchev–Trinajstić information content (AvgIpc) is 2.54. The summed E-state index contributed by atoms with van der Waals surface area (Å²) < 4.78 is 13.5. The minimum absolute atomic E-state index is 0.130. The van der Waals surface area contributed by atoms with Crippen LogP contribution in [0.4, 0.5) is 4.39 Å². The Kier molecular flexibility index (Phi) is 6.15. The quantitative estimate of drug-likeness (QED) is 0.694. The predicted molar refractivity (Wildman–Crippen MR) is 81.3 cm³/mol. The zero-order valence-electron chi connectivity index (χ0n) is 12.6. The summed E-state index contributed by atoms with van der Waals surface area (Å²) in [4.78, 5) is 14.1. The van der Waals surface area contributed by atoms with Gasteiger partial charge in [0.05, 0.1) is 5.56 Å². The van der Waals surface area contributed by atoms with Gasteiger partial charge in [-0.3, -0.25) is 4.79 Å². The van der Waals surface area contributed by atoms with Crippen LogP contribution in [-0.2, 0) is 0 Å². The molecule has 0 bridgehead atoms. The first-order valence-electron chi connectivity index (χ1n) is 7.70. The number of halogens is 1. The monoisotopic (exact) mass is 310 g/mol. The number of amides is 1. The summed E-state index contributed by atoms with van der Waals surface area (Å²) in [5, 5.41) is 21.2. The smallest absolute Gasteiger partial charge is 0.254 e. The van der Waals surface area contributed by atoms with Crippen molar-refractivity contribution in [2.45, 2.75) is 19.3 Å². The first kappa shape index (κ1) is 16.7. The van der Waals surface area contributed by atoms with Crippen LogP contribution in [0.3, 0.4) is 0 Å². The molecule has 1 fully saturated rings. The molecule has 0 radical (unpaired) electrons. The highest BCUT2D eigenvalue weighted by atomic mass is 19.1. The van der Waals surface area contributed by atoms with E-state index in [9.17, 15) is 19.4 Å². The maximum absolute atomic E-state index is 13.5. The van der Waals surface area contributed by atoms with E-state index in [4.69, 9.17) is 0 Å². The molecule has 1 heterocycles. The minimum Gasteiger partial charge on any atom is -0.508 e. The fourth-order valence-corrected chi connectivity index (χ4v) is 2.79. The Labute approximate surface area is 129 Å². The third kappa shape index (κ3) is 4.68. The number of carbonyl (C=O) groups is 1. The van der Waals surface area contributed by atoms with E-state index in [0.29, 0.717) is 12.5 Å². The summed E-state index contributed by atoms with van der Waals surface area (Å²) in [5.74, 6) is -0.933. The van der Waals surface area contributed by atoms with Crippen molar-refractivity contribution in [1.29, 1.82) is 0 Å². The van der Waals surface area contributed by atoms with Gasteiger partial charge >= 0.3 is 0 Å². The van der Waals surface area contributed by atoms with Crippen LogP contribution in [0.15, 0.2) is 18.2 Å². The van der Waals surface area contributed by atoms with Crippen molar-refractivity contribution in [3.63, 3.8) is 0 Å². The number of aliphatic hydroxyl groups excluding tert-OH is 1. The van der Waals surface area contributed by atoms with E-state index in [1.807, 2.05) is 0 Å². The van der Waals surface area contributed by atoms with Crippen LogP contribution < -0.4 is 5.32 Å². The normalized spacial score (nSPS) is 19.1. The Morgan fingerprint density at radius 1 is 1.45 bits per heavy atom. The Bertz CT molecular complexity index is 510. The molecule has 2 rings (SSSR count). The van der Waals surface area contributed by atoms with Crippen molar-refractivity contribution in [2.75, 3.05) is 32.8 Å². The highest BCUT2D eigenvalue weighted by Crippen LogP contribution is 2.16. The van der Waals surface area contributed by atoms with Crippen molar-refractivity contribution in [3.05, 3.63) is 29.6 Å². The van der Waals surface area contributed by atoms with Crippen LogP contribution >= 0.6 is 0 Å². The summed E-state index contributed by atoms with van der Waals surface area (Å²) in [5.41, 5.74) is -0.140. The van der Waals surface area contributed by atoms with Crippen LogP contribution in [0.1, 0.15) is 29.6 Å². The molecule has 1 aliphatic rings. The molecule has 1 aromatic carbocycles. The van der Waals surface area contributed by atoms with Gasteiger partial charge in [-0.1, -0.05) is 0 Å². The number of hydrogen-bond donors (Lipinski definition) is 3. The molecule has 1 atom stereocenters. The molecule has 3 N–H and O–H groups in total. The molecular weight excluding hydrogens is 287 g/mol. The zero-order chi connectivity index (χ0) is 15.9. The number of aliphatic hydroxyl groups is 1. The van der Waals surface area contributed by atoms with Gasteiger partial charge in [-0.2, -0.15) is 0 Å². The predicted octanol–water partition coefficient (Wildman–Crippen LogP) is 1.36. The van der Waals surface area contributed by atoms with Crippen LogP contribution in [-0.4, -0.2) is 53.8 Å². The molecule has 1 aliphatic heterocycles. The Morgan fingerprint density at radius 2 is 2.27 bits per heavy atom. The summed E-state index contributed by atoms with van der Waals surface area (Å²) in [6.07, 6.45) is 2.93. The summed E-state index contributed by atoms with van der Waals surface area (Å²) in [6, 6.07) is 3.41. The summed E-state index contributed by atoms with van der Waals surface area (Å²) in [6.45, 7) is 3.44. The second-order valence-corrected chi connectivity index (χ2v) is 5.77. The van der Waals surface area contributed by atoms with Crippen molar-refractivity contribution in [3.8, 4) is 5.75 Å². The van der Waals surface area contributed by atoms with Gasteiger partial charge < -0.3 is 20.4 Å². The van der Waals surface area contributed by atoms with E-state index in [1.54, 1.807) is 0 Å². The first-order valence-corrected chi connectivity index (χ1v) is 7.70. The number of hydrogen-bond acceptors (Lipinski definition) is 4. The van der Waals surface area contributed by atoms with Crippen molar-refractivity contribution in [1.82, 2.24) is 10.2 Å². The van der Waals surface area contributed by atoms with Gasteiger partial charge in [-0.05, 0) is 56.5 Å². The van der Waals surface area contributed by atoms with E-state index >= 15 is 0 Å². The Balaban J connectivity index is 1.72. The maximum Gasteiger partial charge on any atom is 0.254 e. The van der Waals surface area contributed by atoms with Gasteiger partial charge in [0.1, 0.15) is 11.6 Å². The van der Waals surface area contributed by atoms with Crippen LogP contribution in [0.2, 0.25) is 0 Å². The molecular formula is C16H23FN2O3. The number of aromatic hydroxyl groups is 1. The molecule has 0 saturated carbocycles. The third-order valence-electron chi connectivity index (χ3n) is 3.99. The highest BCUT2D eigenvalue weighted by molar-refractivity contribution is 5.94. The lowest BCUT2D eigenvalue weighted by molar-refractivity contribution is 0.0942. The zero-order valence-corrected chi connectivity index (χ0v) is 12.6. The van der Waals surface area contributed by atoms with Gasteiger partial charge in [0, 0.05) is 19.7 Å². The molecule has 0 unspecified atom stereocenters. The minimum atomic E-state index is -0.642. The van der Waals surface area contributed by atoms with Crippen LogP contribution in [0, 0.1) is 11.7 Å². The lowest BCUT2D eigenvalue weighted by Gasteiger charge is -2.31. The van der Waals surface area contributed by atoms with Crippen molar-refractivity contribution < 1.29 is 19.4 Å². The molecule has 122 valence electrons. The topological polar surface area (TPSA) is 72.8 Å². The average molecular weight is 310 g/mol. The number of nitrogens with zero attached hydrogens (tertiary/aromatic N) is 1. The fraction of sp³-hybridized carbons (Fsp3) is 0.562. The van der Waals surface area contributed by atoms with Crippen molar-refractivity contribution in [2.24, 2.45) is 5.92 Å². The number of benzene rings is 1. The first-order chi connectivity index (χ1) is 10.6. The number of nitrogens with one attached hydrogen (secondary N) is 1. The van der Waals surface area contributed by atoms with E-state index in [2.05, 4.69) is 10.2 Å². The standard InChI is InChI=1S/C16H23FN2O3/c17-15-5-4-13(21)9-14(15)16(22)18-6-2-8-19-7-1-3-12(10-19)11-20/h4-5,9,12,20-21H,1-3,6-8,10-11H2,(H,18,22)/t12-/m0/s1. The van der Waals surface area contributed by atoms with Gasteiger partial charge in [-0.15, -0.1) is 0 Å². The summed E-state index contributed by atoms with van der Waals surface area (Å²) >= 11 is 0. The lowest BCUT2D eigenvalue weighted by atomic mass is 9.99. The van der Waals surface area contributed by atoms with E-state index in [0.717, 1.165) is 51.0 Å². The largest absolute Gasteiger partial charge is 0.508 e. The molecule has 5 nitrogen and oxygen atoms in total. The van der Waals surface area contributed by atoms with Crippen molar-refractivity contribution >= 4 is 5.91 Å². The number of phenolic OH excluding ortho intramolecular Hbond substituents is 1. The number of likely N-dealkylation sites (tertiary alicyclic amines) is 1. The number of carbonyl (C=O) groups excluding carboxylic acids is 1. The summed E-state index contributed by atoms with van der Waals surface area (Å²) in [7, 11) is 0. The van der Waals surface area contributed by atoms with Gasteiger partial charge in [0.25, 0.3) is 5.91 Å². The maximum atomic E-state index is 13.5. The number of rotatable bonds is 6. The molecule has 6 heteroatoms. The third-order valence-corrected chi connectivity index (χ3v) is 3.99. The van der Waals surface area contributed by atoms with E-state index in [-0.39, 0.29) is 17.9 Å². The van der Waals surface area contributed by atoms with E-state index < -0.39 is 11.7 Å². The second kappa shape index (κ2) is 8.10. The molecule has 0 spiro atoms. The molecule has 0 aliphatic carbocycles. The Morgan fingerprint density at radius 3 is 3.05 bits per heavy atom.